The van der Waals surface area contributed by atoms with E-state index in [0.29, 0.717) is 11.9 Å². The van der Waals surface area contributed by atoms with Crippen molar-refractivity contribution >= 4 is 29.0 Å². The van der Waals surface area contributed by atoms with E-state index in [9.17, 15) is 18.0 Å². The number of benzene rings is 1. The lowest BCUT2D eigenvalue weighted by Crippen LogP contribution is -2.14. The summed E-state index contributed by atoms with van der Waals surface area (Å²) in [4.78, 5) is 16.2. The van der Waals surface area contributed by atoms with Crippen molar-refractivity contribution in [1.82, 2.24) is 4.98 Å². The number of pyridine rings is 1. The maximum atomic E-state index is 12.8. The Morgan fingerprint density at radius 2 is 1.96 bits per heavy atom. The van der Waals surface area contributed by atoms with Gasteiger partial charge in [0, 0.05) is 17.9 Å². The summed E-state index contributed by atoms with van der Waals surface area (Å²) in [7, 11) is 0. The monoisotopic (exact) mass is 355 g/mol. The topological polar surface area (TPSA) is 54.0 Å². The molecule has 1 heterocycles. The lowest BCUT2D eigenvalue weighted by molar-refractivity contribution is -0.137. The standard InChI is InChI=1S/C16H13ClF3N3O/c17-13-5-4-11(7-12(13)16(18,19)20)23-15(24)9-1-6-14(21-8-9)22-10-2-3-10/h1,4-8,10H,2-3H2,(H,21,22)(H,23,24). The minimum Gasteiger partial charge on any atom is -0.367 e. The third-order valence-electron chi connectivity index (χ3n) is 3.48. The molecule has 1 saturated carbocycles. The van der Waals surface area contributed by atoms with Crippen LogP contribution >= 0.6 is 11.6 Å². The lowest BCUT2D eigenvalue weighted by Gasteiger charge is -2.12. The van der Waals surface area contributed by atoms with Crippen LogP contribution in [0, 0.1) is 0 Å². The zero-order valence-corrected chi connectivity index (χ0v) is 13.1. The van der Waals surface area contributed by atoms with Crippen molar-refractivity contribution in [3.05, 3.63) is 52.7 Å². The molecule has 0 bridgehead atoms. The van der Waals surface area contributed by atoms with Gasteiger partial charge in [-0.05, 0) is 43.2 Å². The van der Waals surface area contributed by atoms with Crippen LogP contribution in [0.4, 0.5) is 24.7 Å². The maximum Gasteiger partial charge on any atom is 0.417 e. The van der Waals surface area contributed by atoms with Gasteiger partial charge in [0.25, 0.3) is 5.91 Å². The van der Waals surface area contributed by atoms with Gasteiger partial charge in [0.1, 0.15) is 5.82 Å². The third kappa shape index (κ3) is 3.97. The van der Waals surface area contributed by atoms with E-state index in [1.54, 1.807) is 12.1 Å². The van der Waals surface area contributed by atoms with E-state index in [-0.39, 0.29) is 11.3 Å². The Bertz CT molecular complexity index is 758. The van der Waals surface area contributed by atoms with Crippen LogP contribution in [0.15, 0.2) is 36.5 Å². The molecule has 126 valence electrons. The largest absolute Gasteiger partial charge is 0.417 e. The summed E-state index contributed by atoms with van der Waals surface area (Å²) in [6.45, 7) is 0. The number of hydrogen-bond donors (Lipinski definition) is 2. The Labute approximate surface area is 141 Å². The van der Waals surface area contributed by atoms with Crippen LogP contribution in [0.3, 0.4) is 0 Å². The predicted molar refractivity (Wildman–Crippen MR) is 85.3 cm³/mol. The van der Waals surface area contributed by atoms with Crippen LogP contribution in [0.25, 0.3) is 0 Å². The first-order valence-corrected chi connectivity index (χ1v) is 7.61. The van der Waals surface area contributed by atoms with Crippen LogP contribution in [-0.4, -0.2) is 16.9 Å². The molecular weight excluding hydrogens is 343 g/mol. The van der Waals surface area contributed by atoms with Crippen molar-refractivity contribution in [1.29, 1.82) is 0 Å². The molecule has 0 atom stereocenters. The molecule has 0 aliphatic heterocycles. The molecular formula is C16H13ClF3N3O. The molecule has 0 radical (unpaired) electrons. The Morgan fingerprint density at radius 3 is 2.54 bits per heavy atom. The summed E-state index contributed by atoms with van der Waals surface area (Å²) >= 11 is 5.55. The van der Waals surface area contributed by atoms with E-state index >= 15 is 0 Å². The van der Waals surface area contributed by atoms with Crippen LogP contribution in [0.1, 0.15) is 28.8 Å². The first kappa shape index (κ1) is 16.6. The number of alkyl halides is 3. The van der Waals surface area contributed by atoms with Crippen molar-refractivity contribution in [2.75, 3.05) is 10.6 Å². The quantitative estimate of drug-likeness (QED) is 0.844. The van der Waals surface area contributed by atoms with E-state index in [0.717, 1.165) is 25.0 Å². The molecule has 1 amide bonds. The molecule has 8 heteroatoms. The van der Waals surface area contributed by atoms with E-state index in [1.807, 2.05) is 0 Å². The van der Waals surface area contributed by atoms with Crippen molar-refractivity contribution in [3.8, 4) is 0 Å². The molecule has 1 aliphatic carbocycles. The second-order valence-electron chi connectivity index (χ2n) is 5.50. The van der Waals surface area contributed by atoms with E-state index in [1.165, 1.54) is 12.3 Å². The number of nitrogens with zero attached hydrogens (tertiary/aromatic N) is 1. The SMILES string of the molecule is O=C(Nc1ccc(Cl)c(C(F)(F)F)c1)c1ccc(NC2CC2)nc1. The average molecular weight is 356 g/mol. The number of carbonyl (C=O) groups excluding carboxylic acids is 1. The van der Waals surface area contributed by atoms with Crippen molar-refractivity contribution in [2.24, 2.45) is 0 Å². The third-order valence-corrected chi connectivity index (χ3v) is 3.81. The van der Waals surface area contributed by atoms with E-state index in [4.69, 9.17) is 11.6 Å². The molecule has 24 heavy (non-hydrogen) atoms. The zero-order valence-electron chi connectivity index (χ0n) is 12.3. The number of nitrogens with one attached hydrogen (secondary N) is 2. The van der Waals surface area contributed by atoms with Crippen molar-refractivity contribution in [3.63, 3.8) is 0 Å². The van der Waals surface area contributed by atoms with Gasteiger partial charge < -0.3 is 10.6 Å². The molecule has 1 aromatic heterocycles. The van der Waals surface area contributed by atoms with Crippen LogP contribution in [0.2, 0.25) is 5.02 Å². The summed E-state index contributed by atoms with van der Waals surface area (Å²) in [6.07, 6.45) is -1.01. The Kier molecular flexibility index (Phi) is 4.36. The zero-order chi connectivity index (χ0) is 17.3. The first-order chi connectivity index (χ1) is 11.3. The second-order valence-corrected chi connectivity index (χ2v) is 5.90. The smallest absolute Gasteiger partial charge is 0.367 e. The number of rotatable bonds is 4. The second kappa shape index (κ2) is 6.32. The molecule has 0 saturated heterocycles. The first-order valence-electron chi connectivity index (χ1n) is 7.23. The van der Waals surface area contributed by atoms with Crippen LogP contribution in [0.5, 0.6) is 0 Å². The molecule has 0 spiro atoms. The molecule has 3 rings (SSSR count). The normalized spacial score (nSPS) is 14.3. The van der Waals surface area contributed by atoms with Crippen LogP contribution in [-0.2, 0) is 6.18 Å². The highest BCUT2D eigenvalue weighted by atomic mass is 35.5. The molecule has 0 unspecified atom stereocenters. The van der Waals surface area contributed by atoms with Gasteiger partial charge in [-0.15, -0.1) is 0 Å². The number of anilines is 2. The molecule has 2 aromatic rings. The highest BCUT2D eigenvalue weighted by molar-refractivity contribution is 6.31. The fourth-order valence-electron chi connectivity index (χ4n) is 2.07. The Hall–Kier alpha value is -2.28. The number of aromatic nitrogens is 1. The summed E-state index contributed by atoms with van der Waals surface area (Å²) in [5, 5.41) is 5.17. The van der Waals surface area contributed by atoms with Crippen molar-refractivity contribution < 1.29 is 18.0 Å². The molecule has 1 aromatic carbocycles. The molecule has 4 nitrogen and oxygen atoms in total. The van der Waals surface area contributed by atoms with E-state index in [2.05, 4.69) is 15.6 Å². The highest BCUT2D eigenvalue weighted by Gasteiger charge is 2.33. The number of halogens is 4. The van der Waals surface area contributed by atoms with Gasteiger partial charge in [0.2, 0.25) is 0 Å². The fourth-order valence-corrected chi connectivity index (χ4v) is 2.30. The van der Waals surface area contributed by atoms with Gasteiger partial charge in [-0.2, -0.15) is 13.2 Å². The van der Waals surface area contributed by atoms with Gasteiger partial charge in [0.15, 0.2) is 0 Å². The average Bonchev–Trinajstić information content (AvgIpc) is 3.33. The van der Waals surface area contributed by atoms with Crippen molar-refractivity contribution in [2.45, 2.75) is 25.1 Å². The number of amides is 1. The minimum absolute atomic E-state index is 0.0110. The van der Waals surface area contributed by atoms with Gasteiger partial charge in [-0.1, -0.05) is 11.6 Å². The fraction of sp³-hybridized carbons (Fsp3) is 0.250. The van der Waals surface area contributed by atoms with Gasteiger partial charge >= 0.3 is 6.18 Å². The predicted octanol–water partition coefficient (Wildman–Crippen LogP) is 4.58. The minimum atomic E-state index is -4.59. The van der Waals surface area contributed by atoms with Gasteiger partial charge in [0.05, 0.1) is 16.1 Å². The Balaban J connectivity index is 1.72. The highest BCUT2D eigenvalue weighted by Crippen LogP contribution is 2.36. The number of carbonyl (C=O) groups is 1. The summed E-state index contributed by atoms with van der Waals surface area (Å²) < 4.78 is 38.5. The summed E-state index contributed by atoms with van der Waals surface area (Å²) in [5.74, 6) is 0.121. The van der Waals surface area contributed by atoms with Gasteiger partial charge in [-0.25, -0.2) is 4.98 Å². The van der Waals surface area contributed by atoms with Gasteiger partial charge in [-0.3, -0.25) is 4.79 Å². The van der Waals surface area contributed by atoms with E-state index < -0.39 is 22.7 Å². The molecule has 1 aliphatic rings. The molecule has 1 fully saturated rings. The Morgan fingerprint density at radius 1 is 1.21 bits per heavy atom. The maximum absolute atomic E-state index is 12.8. The lowest BCUT2D eigenvalue weighted by atomic mass is 10.2. The summed E-state index contributed by atoms with van der Waals surface area (Å²) in [6, 6.07) is 6.87. The van der Waals surface area contributed by atoms with Crippen LogP contribution < -0.4 is 10.6 Å². The molecule has 2 N–H and O–H groups in total. The summed E-state index contributed by atoms with van der Waals surface area (Å²) in [5.41, 5.74) is -0.735. The number of hydrogen-bond acceptors (Lipinski definition) is 3.